The van der Waals surface area contributed by atoms with Crippen LogP contribution in [-0.2, 0) is 11.2 Å². The second kappa shape index (κ2) is 9.80. The smallest absolute Gasteiger partial charge is 0.290 e. The Morgan fingerprint density at radius 2 is 1.80 bits per heavy atom. The third kappa shape index (κ3) is 5.63. The number of nitrogens with one attached hydrogen (secondary N) is 1. The van der Waals surface area contributed by atoms with Crippen LogP contribution in [0.25, 0.3) is 6.08 Å². The van der Waals surface area contributed by atoms with Crippen molar-refractivity contribution in [1.82, 2.24) is 10.3 Å². The van der Waals surface area contributed by atoms with Crippen molar-refractivity contribution in [3.8, 4) is 11.5 Å². The Kier molecular flexibility index (Phi) is 6.69. The molecule has 1 saturated carbocycles. The summed E-state index contributed by atoms with van der Waals surface area (Å²) in [5, 5.41) is 1.90. The summed E-state index contributed by atoms with van der Waals surface area (Å²) in [4.78, 5) is 27.7. The molecular weight excluding hydrogens is 400 g/mol. The third-order valence-electron chi connectivity index (χ3n) is 5.10. The number of hydrogen-bond acceptors (Lipinski definition) is 6. The first kappa shape index (κ1) is 20.5. The number of ether oxygens (including phenoxy) is 2. The van der Waals surface area contributed by atoms with Crippen LogP contribution in [0.4, 0.5) is 4.79 Å². The number of hydrogen-bond donors (Lipinski definition) is 1. The monoisotopic (exact) mass is 424 g/mol. The van der Waals surface area contributed by atoms with Gasteiger partial charge < -0.3 is 9.47 Å². The van der Waals surface area contributed by atoms with Crippen LogP contribution in [0.3, 0.4) is 0 Å². The molecule has 0 unspecified atom stereocenters. The summed E-state index contributed by atoms with van der Waals surface area (Å²) >= 11 is 0.909. The zero-order chi connectivity index (χ0) is 20.8. The van der Waals surface area contributed by atoms with Gasteiger partial charge in [0.2, 0.25) is 0 Å². The molecule has 0 spiro atoms. The van der Waals surface area contributed by atoms with E-state index in [0.717, 1.165) is 47.4 Å². The van der Waals surface area contributed by atoms with Gasteiger partial charge in [-0.05, 0) is 73.4 Å². The van der Waals surface area contributed by atoms with E-state index in [4.69, 9.17) is 9.47 Å². The number of pyridine rings is 1. The molecule has 1 aliphatic heterocycles. The van der Waals surface area contributed by atoms with Gasteiger partial charge in [0.05, 0.1) is 23.8 Å². The normalized spacial score (nSPS) is 18.5. The minimum Gasteiger partial charge on any atom is -0.493 e. The lowest BCUT2D eigenvalue weighted by Crippen LogP contribution is -2.19. The molecule has 1 aromatic heterocycles. The van der Waals surface area contributed by atoms with Crippen LogP contribution in [0.15, 0.2) is 47.5 Å². The van der Waals surface area contributed by atoms with Crippen LogP contribution < -0.4 is 14.8 Å². The Labute approximate surface area is 180 Å². The van der Waals surface area contributed by atoms with Gasteiger partial charge in [0.1, 0.15) is 11.5 Å². The van der Waals surface area contributed by atoms with Crippen LogP contribution in [-0.4, -0.2) is 28.8 Å². The van der Waals surface area contributed by atoms with E-state index in [1.54, 1.807) is 12.3 Å². The third-order valence-corrected chi connectivity index (χ3v) is 5.91. The lowest BCUT2D eigenvalue weighted by Gasteiger charge is -2.22. The van der Waals surface area contributed by atoms with E-state index in [0.29, 0.717) is 24.0 Å². The first-order valence-electron chi connectivity index (χ1n) is 10.2. The summed E-state index contributed by atoms with van der Waals surface area (Å²) in [7, 11) is 0. The summed E-state index contributed by atoms with van der Waals surface area (Å²) < 4.78 is 11.8. The van der Waals surface area contributed by atoms with Crippen LogP contribution in [0, 0.1) is 0 Å². The number of nitrogens with zero attached hydrogens (tertiary/aromatic N) is 1. The van der Waals surface area contributed by atoms with E-state index in [1.165, 1.54) is 19.3 Å². The fourth-order valence-electron chi connectivity index (χ4n) is 3.51. The first-order valence-corrected chi connectivity index (χ1v) is 11.1. The number of amides is 2. The van der Waals surface area contributed by atoms with Crippen molar-refractivity contribution >= 4 is 29.0 Å². The number of aromatic nitrogens is 1. The lowest BCUT2D eigenvalue weighted by atomic mass is 9.98. The molecule has 0 bridgehead atoms. The second-order valence-electron chi connectivity index (χ2n) is 7.38. The summed E-state index contributed by atoms with van der Waals surface area (Å²) in [5.41, 5.74) is 1.80. The largest absolute Gasteiger partial charge is 0.493 e. The van der Waals surface area contributed by atoms with Gasteiger partial charge in [-0.3, -0.25) is 19.9 Å². The maximum absolute atomic E-state index is 11.6. The molecule has 2 amide bonds. The van der Waals surface area contributed by atoms with Gasteiger partial charge in [-0.2, -0.15) is 0 Å². The Hall–Kier alpha value is -2.80. The number of carbonyl (C=O) groups is 2. The molecule has 0 atom stereocenters. The highest BCUT2D eigenvalue weighted by molar-refractivity contribution is 8.18. The number of rotatable bonds is 7. The molecule has 2 heterocycles. The van der Waals surface area contributed by atoms with Gasteiger partial charge in [-0.25, -0.2) is 0 Å². The lowest BCUT2D eigenvalue weighted by molar-refractivity contribution is -0.115. The molecule has 1 saturated heterocycles. The second-order valence-corrected chi connectivity index (χ2v) is 8.40. The van der Waals surface area contributed by atoms with Crippen molar-refractivity contribution in [1.29, 1.82) is 0 Å². The van der Waals surface area contributed by atoms with E-state index in [9.17, 15) is 9.59 Å². The van der Waals surface area contributed by atoms with Crippen molar-refractivity contribution in [2.24, 2.45) is 0 Å². The van der Waals surface area contributed by atoms with Crippen LogP contribution >= 0.6 is 11.8 Å². The number of thioether (sulfide) groups is 1. The molecule has 1 aliphatic carbocycles. The Morgan fingerprint density at radius 3 is 2.47 bits per heavy atom. The first-order chi connectivity index (χ1) is 14.7. The van der Waals surface area contributed by atoms with Crippen molar-refractivity contribution in [2.45, 2.75) is 44.6 Å². The molecule has 2 aliphatic rings. The minimum absolute atomic E-state index is 0.329. The van der Waals surface area contributed by atoms with E-state index in [1.807, 2.05) is 36.4 Å². The molecule has 1 aromatic carbocycles. The maximum Gasteiger partial charge on any atom is 0.290 e. The van der Waals surface area contributed by atoms with Gasteiger partial charge in [0.15, 0.2) is 0 Å². The molecule has 2 aromatic rings. The number of benzene rings is 1. The Balaban J connectivity index is 1.23. The average Bonchev–Trinajstić information content (AvgIpc) is 3.08. The predicted octanol–water partition coefficient (Wildman–Crippen LogP) is 4.74. The maximum atomic E-state index is 11.6. The van der Waals surface area contributed by atoms with Gasteiger partial charge in [-0.15, -0.1) is 0 Å². The molecular formula is C23H24N2O4S. The molecule has 4 rings (SSSR count). The highest BCUT2D eigenvalue weighted by Gasteiger charge is 2.24. The van der Waals surface area contributed by atoms with Crippen molar-refractivity contribution in [3.63, 3.8) is 0 Å². The zero-order valence-corrected chi connectivity index (χ0v) is 17.5. The fraction of sp³-hybridized carbons (Fsp3) is 0.348. The molecule has 6 nitrogen and oxygen atoms in total. The molecule has 2 fully saturated rings. The van der Waals surface area contributed by atoms with E-state index < -0.39 is 0 Å². The average molecular weight is 425 g/mol. The van der Waals surface area contributed by atoms with Crippen molar-refractivity contribution in [2.75, 3.05) is 6.61 Å². The Bertz CT molecular complexity index is 919. The van der Waals surface area contributed by atoms with Gasteiger partial charge in [0.25, 0.3) is 11.1 Å². The zero-order valence-electron chi connectivity index (χ0n) is 16.6. The predicted molar refractivity (Wildman–Crippen MR) is 116 cm³/mol. The highest BCUT2D eigenvalue weighted by atomic mass is 32.2. The van der Waals surface area contributed by atoms with Crippen LogP contribution in [0.5, 0.6) is 11.5 Å². The molecule has 156 valence electrons. The van der Waals surface area contributed by atoms with E-state index in [2.05, 4.69) is 10.3 Å². The molecule has 0 radical (unpaired) electrons. The van der Waals surface area contributed by atoms with E-state index in [-0.39, 0.29) is 11.1 Å². The summed E-state index contributed by atoms with van der Waals surface area (Å²) in [5.74, 6) is 1.23. The topological polar surface area (TPSA) is 77.5 Å². The van der Waals surface area contributed by atoms with E-state index >= 15 is 0 Å². The molecule has 7 heteroatoms. The SMILES string of the molecule is O=C1NC(=O)C(=Cc2ccc(OCCc3ccc(OC4CCCCC4)cn3)cc2)S1. The minimum atomic E-state index is -0.354. The van der Waals surface area contributed by atoms with Crippen molar-refractivity contribution in [3.05, 3.63) is 58.8 Å². The van der Waals surface area contributed by atoms with Gasteiger partial charge in [0, 0.05) is 12.1 Å². The summed E-state index contributed by atoms with van der Waals surface area (Å²) in [6.45, 7) is 0.517. The molecule has 1 N–H and O–H groups in total. The molecule has 30 heavy (non-hydrogen) atoms. The fourth-order valence-corrected chi connectivity index (χ4v) is 4.19. The quantitative estimate of drug-likeness (QED) is 0.647. The highest BCUT2D eigenvalue weighted by Crippen LogP contribution is 2.26. The summed E-state index contributed by atoms with van der Waals surface area (Å²) in [6.07, 6.45) is 10.6. The number of carbonyl (C=O) groups excluding carboxylic acids is 2. The Morgan fingerprint density at radius 1 is 1.03 bits per heavy atom. The number of imide groups is 1. The van der Waals surface area contributed by atoms with Crippen LogP contribution in [0.1, 0.15) is 43.4 Å². The van der Waals surface area contributed by atoms with Crippen LogP contribution in [0.2, 0.25) is 0 Å². The summed E-state index contributed by atoms with van der Waals surface area (Å²) in [6, 6.07) is 11.4. The van der Waals surface area contributed by atoms with Gasteiger partial charge >= 0.3 is 0 Å². The van der Waals surface area contributed by atoms with Crippen molar-refractivity contribution < 1.29 is 19.1 Å². The van der Waals surface area contributed by atoms with Gasteiger partial charge in [-0.1, -0.05) is 18.6 Å². The standard InChI is InChI=1S/C23H24N2O4S/c26-22-21(30-23(27)25-22)14-16-6-9-18(10-7-16)28-13-12-17-8-11-20(15-24-17)29-19-4-2-1-3-5-19/h6-11,14-15,19H,1-5,12-13H2,(H,25,26,27).